The molecule has 1 aliphatic carbocycles. The van der Waals surface area contributed by atoms with Gasteiger partial charge in [-0.2, -0.15) is 0 Å². The third-order valence-corrected chi connectivity index (χ3v) is 5.31. The first-order valence-electron chi connectivity index (χ1n) is 6.36. The van der Waals surface area contributed by atoms with E-state index in [2.05, 4.69) is 35.1 Å². The molecule has 19 heavy (non-hydrogen) atoms. The predicted molar refractivity (Wildman–Crippen MR) is 80.5 cm³/mol. The summed E-state index contributed by atoms with van der Waals surface area (Å²) in [5, 5.41) is 8.52. The fourth-order valence-electron chi connectivity index (χ4n) is 2.33. The third kappa shape index (κ3) is 3.49. The van der Waals surface area contributed by atoms with Crippen LogP contribution in [0.2, 0.25) is 0 Å². The Labute approximate surface area is 122 Å². The van der Waals surface area contributed by atoms with Crippen LogP contribution in [0.5, 0.6) is 0 Å². The highest BCUT2D eigenvalue weighted by Gasteiger charge is 2.31. The van der Waals surface area contributed by atoms with Gasteiger partial charge in [0, 0.05) is 16.2 Å². The maximum Gasteiger partial charge on any atom is 0.238 e. The number of primary sulfonamides is 1. The van der Waals surface area contributed by atoms with E-state index in [0.29, 0.717) is 6.04 Å². The van der Waals surface area contributed by atoms with Crippen molar-refractivity contribution < 1.29 is 8.42 Å². The van der Waals surface area contributed by atoms with Crippen molar-refractivity contribution in [1.29, 1.82) is 0 Å². The van der Waals surface area contributed by atoms with Crippen LogP contribution in [0.4, 0.5) is 5.69 Å². The average molecular weight is 347 g/mol. The van der Waals surface area contributed by atoms with Gasteiger partial charge in [-0.15, -0.1) is 0 Å². The molecule has 3 N–H and O–H groups in total. The smallest absolute Gasteiger partial charge is 0.238 e. The van der Waals surface area contributed by atoms with Gasteiger partial charge in [-0.1, -0.05) is 13.8 Å². The van der Waals surface area contributed by atoms with E-state index in [1.54, 1.807) is 6.07 Å². The number of hydrogen-bond donors (Lipinski definition) is 2. The molecule has 0 heterocycles. The van der Waals surface area contributed by atoms with Crippen molar-refractivity contribution in [2.75, 3.05) is 5.32 Å². The van der Waals surface area contributed by atoms with Crippen LogP contribution >= 0.6 is 15.9 Å². The van der Waals surface area contributed by atoms with E-state index < -0.39 is 10.0 Å². The van der Waals surface area contributed by atoms with Crippen LogP contribution in [0, 0.1) is 11.8 Å². The molecule has 0 radical (unpaired) electrons. The van der Waals surface area contributed by atoms with Gasteiger partial charge in [-0.3, -0.25) is 0 Å². The first-order chi connectivity index (χ1) is 8.77. The molecule has 0 bridgehead atoms. The summed E-state index contributed by atoms with van der Waals surface area (Å²) >= 11 is 3.38. The molecule has 1 fully saturated rings. The fraction of sp³-hybridized carbons (Fsp3) is 0.538. The summed E-state index contributed by atoms with van der Waals surface area (Å²) in [7, 11) is -3.64. The van der Waals surface area contributed by atoms with Crippen molar-refractivity contribution in [3.8, 4) is 0 Å². The average Bonchev–Trinajstić information content (AvgIpc) is 2.22. The number of hydrogen-bond acceptors (Lipinski definition) is 3. The largest absolute Gasteiger partial charge is 0.381 e. The van der Waals surface area contributed by atoms with Crippen molar-refractivity contribution in [1.82, 2.24) is 0 Å². The summed E-state index contributed by atoms with van der Waals surface area (Å²) in [6.07, 6.45) is 2.34. The molecule has 0 atom stereocenters. The number of halogens is 1. The number of anilines is 1. The van der Waals surface area contributed by atoms with Gasteiger partial charge in [-0.05, 0) is 58.8 Å². The summed E-state index contributed by atoms with van der Waals surface area (Å²) in [6.45, 7) is 4.50. The molecule has 0 saturated heterocycles. The molecular formula is C13H19BrN2O2S. The fourth-order valence-corrected chi connectivity index (χ4v) is 3.52. The molecule has 2 rings (SSSR count). The van der Waals surface area contributed by atoms with Crippen molar-refractivity contribution in [3.05, 3.63) is 22.7 Å². The van der Waals surface area contributed by atoms with Crippen molar-refractivity contribution in [2.24, 2.45) is 17.0 Å². The number of rotatable bonds is 4. The molecule has 0 spiro atoms. The van der Waals surface area contributed by atoms with Crippen LogP contribution in [0.25, 0.3) is 0 Å². The van der Waals surface area contributed by atoms with E-state index in [-0.39, 0.29) is 4.90 Å². The van der Waals surface area contributed by atoms with Gasteiger partial charge in [0.15, 0.2) is 0 Å². The van der Waals surface area contributed by atoms with Gasteiger partial charge in [-0.25, -0.2) is 13.6 Å². The van der Waals surface area contributed by atoms with Crippen LogP contribution in [-0.4, -0.2) is 14.5 Å². The monoisotopic (exact) mass is 346 g/mol. The summed E-state index contributed by atoms with van der Waals surface area (Å²) in [4.78, 5) is 0.124. The van der Waals surface area contributed by atoms with Crippen molar-refractivity contribution in [3.63, 3.8) is 0 Å². The third-order valence-electron chi connectivity index (χ3n) is 3.75. The molecule has 106 valence electrons. The van der Waals surface area contributed by atoms with Gasteiger partial charge in [0.1, 0.15) is 0 Å². The van der Waals surface area contributed by atoms with E-state index in [9.17, 15) is 8.42 Å². The molecule has 0 amide bonds. The van der Waals surface area contributed by atoms with Crippen molar-refractivity contribution >= 4 is 31.6 Å². The first-order valence-corrected chi connectivity index (χ1v) is 8.70. The van der Waals surface area contributed by atoms with E-state index >= 15 is 0 Å². The van der Waals surface area contributed by atoms with Crippen LogP contribution < -0.4 is 10.5 Å². The standard InChI is InChI=1S/C13H19BrN2O2S/c1-8(2)9-5-10(6-9)16-13-4-3-11(7-12(13)14)19(15,17)18/h3-4,7-10,16H,5-6H2,1-2H3,(H2,15,17,18). The lowest BCUT2D eigenvalue weighted by Crippen LogP contribution is -2.37. The molecule has 1 aliphatic rings. The molecule has 0 aliphatic heterocycles. The molecule has 0 unspecified atom stereocenters. The van der Waals surface area contributed by atoms with E-state index in [0.717, 1.165) is 22.0 Å². The SMILES string of the molecule is CC(C)C1CC(Nc2ccc(S(N)(=O)=O)cc2Br)C1. The van der Waals surface area contributed by atoms with Crippen LogP contribution in [0.3, 0.4) is 0 Å². The lowest BCUT2D eigenvalue weighted by molar-refractivity contribution is 0.212. The maximum atomic E-state index is 11.2. The first kappa shape index (κ1) is 14.8. The molecule has 1 saturated carbocycles. The normalized spacial score (nSPS) is 23.2. The second kappa shape index (κ2) is 5.42. The molecular weight excluding hydrogens is 328 g/mol. The van der Waals surface area contributed by atoms with E-state index in [4.69, 9.17) is 5.14 Å². The van der Waals surface area contributed by atoms with E-state index in [1.807, 2.05) is 0 Å². The van der Waals surface area contributed by atoms with Gasteiger partial charge < -0.3 is 5.32 Å². The minimum atomic E-state index is -3.64. The zero-order chi connectivity index (χ0) is 14.2. The Morgan fingerprint density at radius 3 is 2.47 bits per heavy atom. The second-order valence-electron chi connectivity index (χ2n) is 5.50. The number of nitrogens with two attached hydrogens (primary N) is 1. The summed E-state index contributed by atoms with van der Waals surface area (Å²) in [5.74, 6) is 1.52. The minimum absolute atomic E-state index is 0.124. The molecule has 6 heteroatoms. The Balaban J connectivity index is 2.03. The molecule has 1 aromatic carbocycles. The Bertz CT molecular complexity index is 566. The van der Waals surface area contributed by atoms with Gasteiger partial charge in [0.25, 0.3) is 0 Å². The van der Waals surface area contributed by atoms with Crippen LogP contribution in [0.1, 0.15) is 26.7 Å². The second-order valence-corrected chi connectivity index (χ2v) is 7.92. The zero-order valence-corrected chi connectivity index (χ0v) is 13.5. The Hall–Kier alpha value is -0.590. The Morgan fingerprint density at radius 2 is 2.00 bits per heavy atom. The quantitative estimate of drug-likeness (QED) is 0.880. The van der Waals surface area contributed by atoms with E-state index in [1.165, 1.54) is 25.0 Å². The Morgan fingerprint density at radius 1 is 1.37 bits per heavy atom. The topological polar surface area (TPSA) is 72.2 Å². The van der Waals surface area contributed by atoms with Gasteiger partial charge in [0.2, 0.25) is 10.0 Å². The Kier molecular flexibility index (Phi) is 4.23. The molecule has 0 aromatic heterocycles. The highest BCUT2D eigenvalue weighted by atomic mass is 79.9. The minimum Gasteiger partial charge on any atom is -0.381 e. The number of sulfonamides is 1. The van der Waals surface area contributed by atoms with Gasteiger partial charge >= 0.3 is 0 Å². The number of nitrogens with one attached hydrogen (secondary N) is 1. The van der Waals surface area contributed by atoms with Crippen molar-refractivity contribution in [2.45, 2.75) is 37.6 Å². The molecule has 1 aromatic rings. The highest BCUT2D eigenvalue weighted by molar-refractivity contribution is 9.10. The zero-order valence-electron chi connectivity index (χ0n) is 11.1. The van der Waals surface area contributed by atoms with Crippen LogP contribution in [-0.2, 0) is 10.0 Å². The lowest BCUT2D eigenvalue weighted by Gasteiger charge is -2.39. The summed E-state index contributed by atoms with van der Waals surface area (Å²) in [6, 6.07) is 5.30. The van der Waals surface area contributed by atoms with Gasteiger partial charge in [0.05, 0.1) is 4.90 Å². The maximum absolute atomic E-state index is 11.2. The highest BCUT2D eigenvalue weighted by Crippen LogP contribution is 2.37. The van der Waals surface area contributed by atoms with Crippen LogP contribution in [0.15, 0.2) is 27.6 Å². The number of benzene rings is 1. The summed E-state index contributed by atoms with van der Waals surface area (Å²) in [5.41, 5.74) is 0.916. The predicted octanol–water partition coefficient (Wildman–Crippen LogP) is 2.94. The summed E-state index contributed by atoms with van der Waals surface area (Å²) < 4.78 is 23.2. The molecule has 4 nitrogen and oxygen atoms in total. The lowest BCUT2D eigenvalue weighted by atomic mass is 9.73.